The van der Waals surface area contributed by atoms with E-state index in [1.165, 1.54) is 6.42 Å². The summed E-state index contributed by atoms with van der Waals surface area (Å²) in [5.41, 5.74) is 0. The maximum Gasteiger partial charge on any atom is 0.0584 e. The van der Waals surface area contributed by atoms with Crippen molar-refractivity contribution in [3.63, 3.8) is 0 Å². The molecule has 0 saturated carbocycles. The van der Waals surface area contributed by atoms with Gasteiger partial charge >= 0.3 is 0 Å². The third-order valence-electron chi connectivity index (χ3n) is 2.32. The number of nitrogens with one attached hydrogen (secondary N) is 1. The summed E-state index contributed by atoms with van der Waals surface area (Å²) in [4.78, 5) is 0. The molecular weight excluding hydrogens is 174 g/mol. The fourth-order valence-corrected chi connectivity index (χ4v) is 1.94. The van der Waals surface area contributed by atoms with Gasteiger partial charge in [0.05, 0.1) is 6.61 Å². The zero-order valence-electron chi connectivity index (χ0n) is 10.4. The number of hydrogen-bond donors (Lipinski definition) is 2. The van der Waals surface area contributed by atoms with Gasteiger partial charge in [0.2, 0.25) is 0 Å². The van der Waals surface area contributed by atoms with E-state index in [1.54, 1.807) is 0 Å². The predicted molar refractivity (Wildman–Crippen MR) is 62.4 cm³/mol. The van der Waals surface area contributed by atoms with Crippen LogP contribution in [0.4, 0.5) is 0 Å². The molecule has 0 aliphatic heterocycles. The van der Waals surface area contributed by atoms with Crippen molar-refractivity contribution in [1.29, 1.82) is 0 Å². The Morgan fingerprint density at radius 3 is 1.79 bits per heavy atom. The lowest BCUT2D eigenvalue weighted by Gasteiger charge is -2.24. The molecule has 0 spiro atoms. The molecule has 0 radical (unpaired) electrons. The van der Waals surface area contributed by atoms with Gasteiger partial charge < -0.3 is 10.4 Å². The van der Waals surface area contributed by atoms with Crippen molar-refractivity contribution in [1.82, 2.24) is 5.32 Å². The van der Waals surface area contributed by atoms with Crippen LogP contribution in [0, 0.1) is 11.8 Å². The fourth-order valence-electron chi connectivity index (χ4n) is 1.94. The van der Waals surface area contributed by atoms with Gasteiger partial charge in [-0.2, -0.15) is 0 Å². The van der Waals surface area contributed by atoms with Crippen molar-refractivity contribution in [2.45, 2.75) is 59.5 Å². The lowest BCUT2D eigenvalue weighted by molar-refractivity contribution is 0.210. The molecule has 0 aromatic carbocycles. The monoisotopic (exact) mass is 201 g/mol. The molecular formula is C12H27NO. The van der Waals surface area contributed by atoms with Crippen LogP contribution in [-0.4, -0.2) is 23.8 Å². The highest BCUT2D eigenvalue weighted by atomic mass is 16.3. The van der Waals surface area contributed by atoms with Crippen LogP contribution >= 0.6 is 0 Å². The first-order chi connectivity index (χ1) is 6.45. The molecule has 2 nitrogen and oxygen atoms in total. The standard InChI is InChI=1S/C12H27NO/c1-9(2)6-11(5)13-12(8-14)7-10(3)4/h9-14H,6-8H2,1-5H3/t11-,12+/m1/s1. The molecule has 0 rings (SSSR count). The quantitative estimate of drug-likeness (QED) is 0.663. The summed E-state index contributed by atoms with van der Waals surface area (Å²) >= 11 is 0. The SMILES string of the molecule is CC(C)C[C@@H](CO)N[C@H](C)CC(C)C. The normalized spacial score (nSPS) is 16.3. The molecule has 0 fully saturated rings. The van der Waals surface area contributed by atoms with Gasteiger partial charge in [-0.25, -0.2) is 0 Å². The van der Waals surface area contributed by atoms with Gasteiger partial charge in [-0.05, 0) is 31.6 Å². The van der Waals surface area contributed by atoms with Crippen LogP contribution < -0.4 is 5.32 Å². The molecule has 0 aromatic heterocycles. The maximum absolute atomic E-state index is 9.20. The summed E-state index contributed by atoms with van der Waals surface area (Å²) in [7, 11) is 0. The summed E-state index contributed by atoms with van der Waals surface area (Å²) in [6, 6.07) is 0.773. The summed E-state index contributed by atoms with van der Waals surface area (Å²) in [5.74, 6) is 1.36. The Morgan fingerprint density at radius 1 is 0.929 bits per heavy atom. The van der Waals surface area contributed by atoms with Crippen molar-refractivity contribution in [3.05, 3.63) is 0 Å². The Hall–Kier alpha value is -0.0800. The van der Waals surface area contributed by atoms with E-state index < -0.39 is 0 Å². The minimum atomic E-state index is 0.251. The molecule has 0 aliphatic rings. The van der Waals surface area contributed by atoms with E-state index in [-0.39, 0.29) is 12.6 Å². The molecule has 0 aliphatic carbocycles. The first-order valence-corrected chi connectivity index (χ1v) is 5.82. The molecule has 0 bridgehead atoms. The molecule has 0 unspecified atom stereocenters. The maximum atomic E-state index is 9.20. The van der Waals surface area contributed by atoms with E-state index in [1.807, 2.05) is 0 Å². The summed E-state index contributed by atoms with van der Waals surface area (Å²) in [6.07, 6.45) is 2.23. The van der Waals surface area contributed by atoms with Crippen LogP contribution in [0.1, 0.15) is 47.5 Å². The van der Waals surface area contributed by atoms with Gasteiger partial charge in [0.25, 0.3) is 0 Å². The zero-order chi connectivity index (χ0) is 11.1. The van der Waals surface area contributed by atoms with Crippen molar-refractivity contribution in [2.75, 3.05) is 6.61 Å². The average molecular weight is 201 g/mol. The number of aliphatic hydroxyl groups excluding tert-OH is 1. The zero-order valence-corrected chi connectivity index (χ0v) is 10.4. The second-order valence-electron chi connectivity index (χ2n) is 5.21. The number of rotatable bonds is 7. The highest BCUT2D eigenvalue weighted by molar-refractivity contribution is 4.72. The summed E-state index contributed by atoms with van der Waals surface area (Å²) in [6.45, 7) is 11.3. The highest BCUT2D eigenvalue weighted by Crippen LogP contribution is 2.08. The van der Waals surface area contributed by atoms with Crippen molar-refractivity contribution < 1.29 is 5.11 Å². The number of hydrogen-bond acceptors (Lipinski definition) is 2. The van der Waals surface area contributed by atoms with Crippen LogP contribution in [0.3, 0.4) is 0 Å². The molecule has 0 amide bonds. The topological polar surface area (TPSA) is 32.3 Å². The van der Waals surface area contributed by atoms with Gasteiger partial charge in [0, 0.05) is 12.1 Å². The summed E-state index contributed by atoms with van der Waals surface area (Å²) in [5, 5.41) is 12.7. The minimum Gasteiger partial charge on any atom is -0.395 e. The molecule has 2 N–H and O–H groups in total. The highest BCUT2D eigenvalue weighted by Gasteiger charge is 2.13. The molecule has 0 heterocycles. The van der Waals surface area contributed by atoms with E-state index in [0.717, 1.165) is 12.3 Å². The molecule has 0 saturated heterocycles. The Morgan fingerprint density at radius 2 is 1.43 bits per heavy atom. The van der Waals surface area contributed by atoms with E-state index in [2.05, 4.69) is 39.9 Å². The molecule has 14 heavy (non-hydrogen) atoms. The summed E-state index contributed by atoms with van der Waals surface area (Å²) < 4.78 is 0. The third-order valence-corrected chi connectivity index (χ3v) is 2.32. The first-order valence-electron chi connectivity index (χ1n) is 5.82. The lowest BCUT2D eigenvalue weighted by Crippen LogP contribution is -2.40. The predicted octanol–water partition coefficient (Wildman–Crippen LogP) is 2.42. The van der Waals surface area contributed by atoms with Crippen molar-refractivity contribution in [3.8, 4) is 0 Å². The molecule has 0 aromatic rings. The Balaban J connectivity index is 3.79. The largest absolute Gasteiger partial charge is 0.395 e. The molecule has 2 atom stereocenters. The van der Waals surface area contributed by atoms with Gasteiger partial charge in [-0.15, -0.1) is 0 Å². The molecule has 2 heteroatoms. The van der Waals surface area contributed by atoms with Gasteiger partial charge in [0.1, 0.15) is 0 Å². The lowest BCUT2D eigenvalue weighted by atomic mass is 10.0. The van der Waals surface area contributed by atoms with Crippen LogP contribution in [0.5, 0.6) is 0 Å². The van der Waals surface area contributed by atoms with Crippen LogP contribution in [0.2, 0.25) is 0 Å². The first kappa shape index (κ1) is 13.9. The third kappa shape index (κ3) is 7.34. The second kappa shape index (κ2) is 7.24. The van der Waals surface area contributed by atoms with E-state index in [4.69, 9.17) is 0 Å². The van der Waals surface area contributed by atoms with Gasteiger partial charge in [-0.3, -0.25) is 0 Å². The number of aliphatic hydroxyl groups is 1. The van der Waals surface area contributed by atoms with E-state index in [0.29, 0.717) is 12.0 Å². The van der Waals surface area contributed by atoms with Gasteiger partial charge in [0.15, 0.2) is 0 Å². The minimum absolute atomic E-state index is 0.251. The Bertz CT molecular complexity index is 134. The van der Waals surface area contributed by atoms with E-state index >= 15 is 0 Å². The van der Waals surface area contributed by atoms with Crippen LogP contribution in [0.25, 0.3) is 0 Å². The Kier molecular flexibility index (Phi) is 7.20. The molecule has 86 valence electrons. The van der Waals surface area contributed by atoms with Crippen LogP contribution in [0.15, 0.2) is 0 Å². The van der Waals surface area contributed by atoms with E-state index in [9.17, 15) is 5.11 Å². The smallest absolute Gasteiger partial charge is 0.0584 e. The second-order valence-corrected chi connectivity index (χ2v) is 5.21. The van der Waals surface area contributed by atoms with Crippen molar-refractivity contribution >= 4 is 0 Å². The van der Waals surface area contributed by atoms with Crippen LogP contribution in [-0.2, 0) is 0 Å². The van der Waals surface area contributed by atoms with Crippen molar-refractivity contribution in [2.24, 2.45) is 11.8 Å². The average Bonchev–Trinajstić information content (AvgIpc) is 2.00. The fraction of sp³-hybridized carbons (Fsp3) is 1.00. The van der Waals surface area contributed by atoms with Gasteiger partial charge in [-0.1, -0.05) is 27.7 Å². The Labute approximate surface area is 89.1 Å².